The lowest BCUT2D eigenvalue weighted by atomic mass is 9.82. The van der Waals surface area contributed by atoms with Crippen molar-refractivity contribution in [2.24, 2.45) is 0 Å². The molecule has 1 aliphatic rings. The van der Waals surface area contributed by atoms with Gasteiger partial charge in [-0.3, -0.25) is 0 Å². The van der Waals surface area contributed by atoms with E-state index in [1.165, 1.54) is 99.1 Å². The average molecular weight is 649 g/mol. The minimum absolute atomic E-state index is 0.0174. The molecule has 0 fully saturated rings. The van der Waals surface area contributed by atoms with Gasteiger partial charge in [-0.05, 0) is 111 Å². The van der Waals surface area contributed by atoms with Crippen LogP contribution in [0.2, 0.25) is 0 Å². The Balaban J connectivity index is 1.12. The molecule has 0 aromatic heterocycles. The van der Waals surface area contributed by atoms with Crippen LogP contribution in [0.4, 0.5) is 0 Å². The monoisotopic (exact) mass is 648 g/mol. The van der Waals surface area contributed by atoms with E-state index in [4.69, 9.17) is 0 Å². The predicted molar refractivity (Wildman–Crippen MR) is 218 cm³/mol. The van der Waals surface area contributed by atoms with E-state index in [-0.39, 0.29) is 5.41 Å². The smallest absolute Gasteiger partial charge is 0.0159 e. The van der Waals surface area contributed by atoms with Gasteiger partial charge in [-0.1, -0.05) is 184 Å². The molecule has 9 aromatic rings. The third kappa shape index (κ3) is 4.60. The highest BCUT2D eigenvalue weighted by molar-refractivity contribution is 6.21. The summed E-state index contributed by atoms with van der Waals surface area (Å²) in [5.74, 6) is 0. The molecule has 0 heterocycles. The van der Waals surface area contributed by atoms with Crippen molar-refractivity contribution in [2.75, 3.05) is 0 Å². The summed E-state index contributed by atoms with van der Waals surface area (Å²) in [5, 5.41) is 7.60. The van der Waals surface area contributed by atoms with E-state index in [2.05, 4.69) is 196 Å². The van der Waals surface area contributed by atoms with Gasteiger partial charge in [0, 0.05) is 5.41 Å². The van der Waals surface area contributed by atoms with Crippen molar-refractivity contribution in [3.05, 3.63) is 193 Å². The zero-order valence-corrected chi connectivity index (χ0v) is 28.8. The van der Waals surface area contributed by atoms with Crippen molar-refractivity contribution in [1.29, 1.82) is 0 Å². The van der Waals surface area contributed by atoms with E-state index in [9.17, 15) is 0 Å². The molecule has 0 aliphatic heterocycles. The van der Waals surface area contributed by atoms with Gasteiger partial charge in [-0.25, -0.2) is 0 Å². The van der Waals surface area contributed by atoms with Gasteiger partial charge in [0.1, 0.15) is 0 Å². The van der Waals surface area contributed by atoms with Crippen LogP contribution >= 0.6 is 0 Å². The summed E-state index contributed by atoms with van der Waals surface area (Å²) in [4.78, 5) is 0. The van der Waals surface area contributed by atoms with Gasteiger partial charge in [0.15, 0.2) is 0 Å². The first-order valence-electron chi connectivity index (χ1n) is 17.9. The second-order valence-corrected chi connectivity index (χ2v) is 14.5. The number of hydrogen-bond acceptors (Lipinski definition) is 0. The summed E-state index contributed by atoms with van der Waals surface area (Å²) >= 11 is 0. The molecular formula is C51H36. The largest absolute Gasteiger partial charge is 0.0619 e. The number of rotatable bonds is 4. The van der Waals surface area contributed by atoms with Crippen LogP contribution in [-0.2, 0) is 5.41 Å². The maximum Gasteiger partial charge on any atom is 0.0159 e. The van der Waals surface area contributed by atoms with Gasteiger partial charge in [-0.15, -0.1) is 0 Å². The summed E-state index contributed by atoms with van der Waals surface area (Å²) in [6, 6.07) is 67.4. The number of fused-ring (bicyclic) bond motifs is 6. The highest BCUT2D eigenvalue weighted by Crippen LogP contribution is 2.52. The van der Waals surface area contributed by atoms with E-state index >= 15 is 0 Å². The van der Waals surface area contributed by atoms with Crippen molar-refractivity contribution in [3.8, 4) is 55.6 Å². The van der Waals surface area contributed by atoms with Gasteiger partial charge < -0.3 is 0 Å². The Morgan fingerprint density at radius 1 is 0.294 bits per heavy atom. The highest BCUT2D eigenvalue weighted by Gasteiger charge is 2.36. The van der Waals surface area contributed by atoms with Gasteiger partial charge in [0.2, 0.25) is 0 Å². The van der Waals surface area contributed by atoms with Crippen LogP contribution in [0.5, 0.6) is 0 Å². The molecule has 9 aromatic carbocycles. The number of hydrogen-bond donors (Lipinski definition) is 0. The third-order valence-corrected chi connectivity index (χ3v) is 11.3. The topological polar surface area (TPSA) is 0 Å². The second kappa shape index (κ2) is 11.4. The Hall–Kier alpha value is -6.24. The summed E-state index contributed by atoms with van der Waals surface area (Å²) in [5.41, 5.74) is 15.6. The second-order valence-electron chi connectivity index (χ2n) is 14.5. The fourth-order valence-electron chi connectivity index (χ4n) is 8.79. The number of benzene rings is 9. The van der Waals surface area contributed by atoms with Crippen molar-refractivity contribution < 1.29 is 0 Å². The van der Waals surface area contributed by atoms with Crippen molar-refractivity contribution >= 4 is 32.3 Å². The molecule has 0 spiro atoms. The molecule has 0 amide bonds. The molecule has 0 saturated carbocycles. The van der Waals surface area contributed by atoms with Crippen LogP contribution < -0.4 is 0 Å². The molecule has 51 heavy (non-hydrogen) atoms. The molecule has 0 saturated heterocycles. The maximum absolute atomic E-state index is 2.37. The summed E-state index contributed by atoms with van der Waals surface area (Å²) in [6.07, 6.45) is 0. The van der Waals surface area contributed by atoms with E-state index in [1.807, 2.05) is 0 Å². The minimum Gasteiger partial charge on any atom is -0.0619 e. The highest BCUT2D eigenvalue weighted by atomic mass is 14.4. The lowest BCUT2D eigenvalue weighted by Gasteiger charge is -2.21. The SMILES string of the molecule is CC1(C)c2ccccc2-c2c(-c3ccc(-c4c5ccccc5c(-c5cccc(-c6ccc7ccccc7c6)c5)c5ccccc45)cc3)cccc21. The predicted octanol–water partition coefficient (Wildman–Crippen LogP) is 14.1. The lowest BCUT2D eigenvalue weighted by molar-refractivity contribution is 0.660. The van der Waals surface area contributed by atoms with Crippen LogP contribution in [-0.4, -0.2) is 0 Å². The third-order valence-electron chi connectivity index (χ3n) is 11.3. The van der Waals surface area contributed by atoms with E-state index in [0.29, 0.717) is 0 Å². The summed E-state index contributed by atoms with van der Waals surface area (Å²) in [7, 11) is 0. The fraction of sp³-hybridized carbons (Fsp3) is 0.0588. The quantitative estimate of drug-likeness (QED) is 0.167. The van der Waals surface area contributed by atoms with Gasteiger partial charge in [0.25, 0.3) is 0 Å². The van der Waals surface area contributed by atoms with Crippen LogP contribution in [0, 0.1) is 0 Å². The van der Waals surface area contributed by atoms with Crippen LogP contribution in [0.25, 0.3) is 88.0 Å². The van der Waals surface area contributed by atoms with Crippen LogP contribution in [0.15, 0.2) is 182 Å². The van der Waals surface area contributed by atoms with E-state index < -0.39 is 0 Å². The zero-order chi connectivity index (χ0) is 34.1. The minimum atomic E-state index is -0.0174. The first kappa shape index (κ1) is 29.7. The molecule has 0 N–H and O–H groups in total. The molecular weight excluding hydrogens is 613 g/mol. The van der Waals surface area contributed by atoms with Gasteiger partial charge >= 0.3 is 0 Å². The van der Waals surface area contributed by atoms with Gasteiger partial charge in [-0.2, -0.15) is 0 Å². The van der Waals surface area contributed by atoms with Gasteiger partial charge in [0.05, 0.1) is 0 Å². The van der Waals surface area contributed by atoms with Crippen molar-refractivity contribution in [2.45, 2.75) is 19.3 Å². The molecule has 0 atom stereocenters. The first-order valence-corrected chi connectivity index (χ1v) is 17.9. The Kier molecular flexibility index (Phi) is 6.63. The maximum atomic E-state index is 2.37. The van der Waals surface area contributed by atoms with Crippen LogP contribution in [0.3, 0.4) is 0 Å². The van der Waals surface area contributed by atoms with Crippen LogP contribution in [0.1, 0.15) is 25.0 Å². The molecule has 1 aliphatic carbocycles. The summed E-state index contributed by atoms with van der Waals surface area (Å²) in [6.45, 7) is 4.70. The molecule has 240 valence electrons. The molecule has 0 heteroatoms. The lowest BCUT2D eigenvalue weighted by Crippen LogP contribution is -2.14. The van der Waals surface area contributed by atoms with Crippen molar-refractivity contribution in [3.63, 3.8) is 0 Å². The molecule has 0 nitrogen and oxygen atoms in total. The zero-order valence-electron chi connectivity index (χ0n) is 28.8. The van der Waals surface area contributed by atoms with E-state index in [0.717, 1.165) is 0 Å². The molecule has 0 bridgehead atoms. The molecule has 10 rings (SSSR count). The normalized spacial score (nSPS) is 13.1. The average Bonchev–Trinajstić information content (AvgIpc) is 3.43. The van der Waals surface area contributed by atoms with E-state index in [1.54, 1.807) is 0 Å². The Morgan fingerprint density at radius 2 is 0.784 bits per heavy atom. The first-order chi connectivity index (χ1) is 25.1. The van der Waals surface area contributed by atoms with Crippen molar-refractivity contribution in [1.82, 2.24) is 0 Å². The standard InChI is InChI=1S/C51H36/c1-51(2)46-23-10-9-21-45(46)50-40(22-12-24-47(50)51)34-26-28-35(29-27-34)48-41-17-5-7-19-43(41)49(44-20-8-6-18-42(44)48)39-16-11-15-37(32-39)38-30-25-33-13-3-4-14-36(33)31-38/h3-32H,1-2H3. The molecule has 0 radical (unpaired) electrons. The summed E-state index contributed by atoms with van der Waals surface area (Å²) < 4.78 is 0. The fourth-order valence-corrected chi connectivity index (χ4v) is 8.79. The Bertz CT molecular complexity index is 2760. The Morgan fingerprint density at radius 3 is 1.51 bits per heavy atom. The Labute approximate surface area is 299 Å². The molecule has 0 unspecified atom stereocenters.